The van der Waals surface area contributed by atoms with Gasteiger partial charge in [0.2, 0.25) is 5.95 Å². The van der Waals surface area contributed by atoms with Gasteiger partial charge in [-0.2, -0.15) is 4.39 Å². The molecule has 1 saturated carbocycles. The van der Waals surface area contributed by atoms with Crippen LogP contribution >= 0.6 is 0 Å². The Bertz CT molecular complexity index is 769. The van der Waals surface area contributed by atoms with Gasteiger partial charge < -0.3 is 4.74 Å². The number of ether oxygens (including phenoxy) is 1. The first-order valence-corrected chi connectivity index (χ1v) is 8.71. The molecule has 1 aliphatic rings. The van der Waals surface area contributed by atoms with Crippen molar-refractivity contribution in [3.05, 3.63) is 59.4 Å². The minimum atomic E-state index is -1.08. The Morgan fingerprint density at radius 1 is 1.12 bits per heavy atom. The summed E-state index contributed by atoms with van der Waals surface area (Å²) in [5.74, 6) is 5.83. The molecule has 4 heteroatoms. The van der Waals surface area contributed by atoms with Crippen molar-refractivity contribution in [2.24, 2.45) is 5.92 Å². The fourth-order valence-electron chi connectivity index (χ4n) is 3.25. The molecule has 1 heterocycles. The van der Waals surface area contributed by atoms with Crippen LogP contribution in [0.15, 0.2) is 36.5 Å². The van der Waals surface area contributed by atoms with Gasteiger partial charge in [-0.3, -0.25) is 0 Å². The van der Waals surface area contributed by atoms with Crippen molar-refractivity contribution in [2.45, 2.75) is 38.5 Å². The maximum Gasteiger partial charge on any atom is 0.248 e. The number of hydrogen-bond acceptors (Lipinski definition) is 2. The molecule has 1 fully saturated rings. The average Bonchev–Trinajstić information content (AvgIpc) is 2.64. The Hall–Kier alpha value is -2.41. The van der Waals surface area contributed by atoms with Gasteiger partial charge in [0.1, 0.15) is 5.75 Å². The number of nitrogens with zero attached hydrogens (tertiary/aromatic N) is 1. The summed E-state index contributed by atoms with van der Waals surface area (Å²) in [5.41, 5.74) is 1.77. The Labute approximate surface area is 147 Å². The molecule has 3 rings (SSSR count). The van der Waals surface area contributed by atoms with E-state index in [4.69, 9.17) is 4.74 Å². The number of aromatic nitrogens is 1. The lowest BCUT2D eigenvalue weighted by molar-refractivity contribution is 0.339. The van der Waals surface area contributed by atoms with E-state index in [0.717, 1.165) is 37.5 Å². The van der Waals surface area contributed by atoms with E-state index in [1.54, 1.807) is 0 Å². The Morgan fingerprint density at radius 3 is 2.48 bits per heavy atom. The molecule has 0 aliphatic heterocycles. The zero-order valence-corrected chi connectivity index (χ0v) is 14.3. The van der Waals surface area contributed by atoms with Crippen molar-refractivity contribution in [1.29, 1.82) is 0 Å². The lowest BCUT2D eigenvalue weighted by Crippen LogP contribution is -2.12. The molecule has 2 nitrogen and oxygen atoms in total. The number of halogens is 2. The summed E-state index contributed by atoms with van der Waals surface area (Å²) in [7, 11) is 0. The van der Waals surface area contributed by atoms with Crippen LogP contribution in [0.1, 0.15) is 49.7 Å². The molecule has 0 saturated heterocycles. The standard InChI is InChI=1S/C21H21F2NO/c1-2-25-19-11-9-18(10-12-19)17-7-5-15(6-8-17)3-4-16-13-20(22)21(23)24-14-16/h9-15,17H,2,5-8H2,1H3. The van der Waals surface area contributed by atoms with Gasteiger partial charge in [-0.1, -0.05) is 24.0 Å². The minimum Gasteiger partial charge on any atom is -0.494 e. The molecule has 130 valence electrons. The monoisotopic (exact) mass is 341 g/mol. The zero-order valence-electron chi connectivity index (χ0n) is 14.3. The highest BCUT2D eigenvalue weighted by Crippen LogP contribution is 2.36. The average molecular weight is 341 g/mol. The van der Waals surface area contributed by atoms with Crippen molar-refractivity contribution in [3.63, 3.8) is 0 Å². The summed E-state index contributed by atoms with van der Waals surface area (Å²) in [6.45, 7) is 2.66. The van der Waals surface area contributed by atoms with Crippen LogP contribution in [-0.4, -0.2) is 11.6 Å². The van der Waals surface area contributed by atoms with E-state index >= 15 is 0 Å². The highest BCUT2D eigenvalue weighted by molar-refractivity contribution is 5.33. The van der Waals surface area contributed by atoms with Crippen molar-refractivity contribution in [3.8, 4) is 17.6 Å². The van der Waals surface area contributed by atoms with Crippen molar-refractivity contribution in [1.82, 2.24) is 4.98 Å². The molecule has 0 N–H and O–H groups in total. The van der Waals surface area contributed by atoms with E-state index in [-0.39, 0.29) is 0 Å². The number of pyridine rings is 1. The minimum absolute atomic E-state index is 0.298. The maximum atomic E-state index is 13.1. The molecule has 0 amide bonds. The zero-order chi connectivity index (χ0) is 17.6. The van der Waals surface area contributed by atoms with Crippen LogP contribution in [0.3, 0.4) is 0 Å². The van der Waals surface area contributed by atoms with Crippen molar-refractivity contribution in [2.75, 3.05) is 6.61 Å². The molecule has 1 aliphatic carbocycles. The van der Waals surface area contributed by atoms with Crippen LogP contribution in [0, 0.1) is 29.5 Å². The molecule has 0 spiro atoms. The normalized spacial score (nSPS) is 19.8. The van der Waals surface area contributed by atoms with Gasteiger partial charge >= 0.3 is 0 Å². The van der Waals surface area contributed by atoms with Gasteiger partial charge in [-0.25, -0.2) is 9.37 Å². The Morgan fingerprint density at radius 2 is 1.84 bits per heavy atom. The summed E-state index contributed by atoms with van der Waals surface area (Å²) in [5, 5.41) is 0. The predicted octanol–water partition coefficient (Wildman–Crippen LogP) is 5.08. The first kappa shape index (κ1) is 17.4. The van der Waals surface area contributed by atoms with Gasteiger partial charge in [0, 0.05) is 17.7 Å². The van der Waals surface area contributed by atoms with Crippen molar-refractivity contribution >= 4 is 0 Å². The van der Waals surface area contributed by atoms with E-state index in [1.807, 2.05) is 19.1 Å². The third-order valence-corrected chi connectivity index (χ3v) is 4.61. The first-order valence-electron chi connectivity index (χ1n) is 8.71. The SMILES string of the molecule is CCOc1ccc(C2CCC(C#Cc3cnc(F)c(F)c3)CC2)cc1. The van der Waals surface area contributed by atoms with Crippen molar-refractivity contribution < 1.29 is 13.5 Å². The second-order valence-corrected chi connectivity index (χ2v) is 6.32. The largest absolute Gasteiger partial charge is 0.494 e. The second kappa shape index (κ2) is 8.11. The fourth-order valence-corrected chi connectivity index (χ4v) is 3.25. The number of benzene rings is 1. The topological polar surface area (TPSA) is 22.1 Å². The molecule has 1 aromatic carbocycles. The van der Waals surface area contributed by atoms with Gasteiger partial charge in [-0.05, 0) is 62.3 Å². The van der Waals surface area contributed by atoms with E-state index < -0.39 is 11.8 Å². The molecule has 2 aromatic rings. The Kier molecular flexibility index (Phi) is 5.65. The highest BCUT2D eigenvalue weighted by Gasteiger charge is 2.21. The van der Waals surface area contributed by atoms with Gasteiger partial charge in [0.05, 0.1) is 6.61 Å². The van der Waals surface area contributed by atoms with Crippen LogP contribution in [0.5, 0.6) is 5.75 Å². The molecule has 25 heavy (non-hydrogen) atoms. The number of hydrogen-bond donors (Lipinski definition) is 0. The molecular weight excluding hydrogens is 320 g/mol. The van der Waals surface area contributed by atoms with Crippen LogP contribution in [-0.2, 0) is 0 Å². The number of rotatable bonds is 3. The van der Waals surface area contributed by atoms with Crippen LogP contribution in [0.4, 0.5) is 8.78 Å². The van der Waals surface area contributed by atoms with Gasteiger partial charge in [-0.15, -0.1) is 0 Å². The quantitative estimate of drug-likeness (QED) is 0.573. The summed E-state index contributed by atoms with van der Waals surface area (Å²) in [6, 6.07) is 9.45. The molecule has 1 aromatic heterocycles. The lowest BCUT2D eigenvalue weighted by Gasteiger charge is -2.26. The molecule has 0 radical (unpaired) electrons. The van der Waals surface area contributed by atoms with Gasteiger partial charge in [0.25, 0.3) is 0 Å². The van der Waals surface area contributed by atoms with E-state index in [0.29, 0.717) is 24.0 Å². The predicted molar refractivity (Wildman–Crippen MR) is 93.3 cm³/mol. The second-order valence-electron chi connectivity index (χ2n) is 6.32. The summed E-state index contributed by atoms with van der Waals surface area (Å²) in [6.07, 6.45) is 5.48. The summed E-state index contributed by atoms with van der Waals surface area (Å²) in [4.78, 5) is 3.36. The molecule has 0 atom stereocenters. The van der Waals surface area contributed by atoms with E-state index in [1.165, 1.54) is 11.8 Å². The van der Waals surface area contributed by atoms with E-state index in [9.17, 15) is 8.78 Å². The van der Waals surface area contributed by atoms with Crippen LogP contribution in [0.25, 0.3) is 0 Å². The van der Waals surface area contributed by atoms with Crippen LogP contribution < -0.4 is 4.74 Å². The van der Waals surface area contributed by atoms with Crippen LogP contribution in [0.2, 0.25) is 0 Å². The van der Waals surface area contributed by atoms with Gasteiger partial charge in [0.15, 0.2) is 5.82 Å². The highest BCUT2D eigenvalue weighted by atomic mass is 19.2. The summed E-state index contributed by atoms with van der Waals surface area (Å²) < 4.78 is 31.5. The maximum absolute atomic E-state index is 13.1. The Balaban J connectivity index is 1.56. The van der Waals surface area contributed by atoms with E-state index in [2.05, 4.69) is 29.0 Å². The molecule has 0 unspecified atom stereocenters. The first-order chi connectivity index (χ1) is 12.2. The summed E-state index contributed by atoms with van der Waals surface area (Å²) >= 11 is 0. The molecular formula is C21H21F2NO. The molecule has 0 bridgehead atoms. The lowest BCUT2D eigenvalue weighted by atomic mass is 9.79. The fraction of sp³-hybridized carbons (Fsp3) is 0.381. The third kappa shape index (κ3) is 4.57. The third-order valence-electron chi connectivity index (χ3n) is 4.61. The smallest absolute Gasteiger partial charge is 0.248 e.